The second-order valence-electron chi connectivity index (χ2n) is 12.3. The number of carboxylic acid groups (broad SMARTS) is 1. The number of rotatable bonds is 9. The number of hydrogen-bond donors (Lipinski definition) is 4. The minimum atomic E-state index is -3.69. The van der Waals surface area contributed by atoms with Crippen molar-refractivity contribution in [2.24, 2.45) is 22.9 Å². The summed E-state index contributed by atoms with van der Waals surface area (Å²) in [5.74, 6) is -0.152. The van der Waals surface area contributed by atoms with Crippen LogP contribution in [0.3, 0.4) is 0 Å². The predicted molar refractivity (Wildman–Crippen MR) is 158 cm³/mol. The number of amides is 1. The summed E-state index contributed by atoms with van der Waals surface area (Å²) in [6.45, 7) is 4.47. The molecule has 5 rings (SSSR count). The molecule has 0 saturated heterocycles. The minimum absolute atomic E-state index is 0.112. The molecular formula is C31H41N3O6S. The number of sulfonamides is 1. The van der Waals surface area contributed by atoms with Crippen molar-refractivity contribution in [2.75, 3.05) is 18.4 Å². The van der Waals surface area contributed by atoms with Gasteiger partial charge >= 0.3 is 5.97 Å². The van der Waals surface area contributed by atoms with Gasteiger partial charge in [0.1, 0.15) is 11.9 Å². The molecule has 1 amide bonds. The average Bonchev–Trinajstić information content (AvgIpc) is 3.07. The Kier molecular flexibility index (Phi) is 8.34. The van der Waals surface area contributed by atoms with Gasteiger partial charge in [-0.3, -0.25) is 4.79 Å². The molecule has 2 aromatic rings. The van der Waals surface area contributed by atoms with E-state index in [1.165, 1.54) is 18.1 Å². The lowest BCUT2D eigenvalue weighted by Crippen LogP contribution is -2.51. The molecule has 2 aromatic carbocycles. The third-order valence-electron chi connectivity index (χ3n) is 9.81. The second-order valence-corrected chi connectivity index (χ2v) is 14.2. The first-order valence-corrected chi connectivity index (χ1v) is 16.2. The van der Waals surface area contributed by atoms with E-state index in [-0.39, 0.29) is 35.3 Å². The summed E-state index contributed by atoms with van der Waals surface area (Å²) < 4.78 is 30.2. The van der Waals surface area contributed by atoms with Gasteiger partial charge in [0.2, 0.25) is 15.9 Å². The number of carbonyl (C=O) groups excluding carboxylic acids is 1. The van der Waals surface area contributed by atoms with Crippen LogP contribution in [0.2, 0.25) is 0 Å². The summed E-state index contributed by atoms with van der Waals surface area (Å²) in [6.07, 6.45) is 5.94. The van der Waals surface area contributed by atoms with Gasteiger partial charge < -0.3 is 20.5 Å². The lowest BCUT2D eigenvalue weighted by atomic mass is 9.62. The first-order valence-electron chi connectivity index (χ1n) is 14.6. The Morgan fingerprint density at radius 2 is 1.93 bits per heavy atom. The molecule has 9 nitrogen and oxygen atoms in total. The standard InChI is InChI=1S/C31H41N3O6S/c1-19(20(2)41(32,38)39)14-29(35)33-17-24-10-9-22(24)16-28-31(13-5-7-21-6-3-4-8-25(21)31)18-34-26-15-23(30(36)37)11-12-27(26)40-28/h3-4,6,8,11-12,15,19-20,22,24,28,34H,5,7,9-10,13-14,16-18H2,1-2H3,(H,33,35)(H,36,37)(H2,32,38,39)/t19-,20+,22-,24+,28?,31?/m1/s1. The predicted octanol–water partition coefficient (Wildman–Crippen LogP) is 4.07. The summed E-state index contributed by atoms with van der Waals surface area (Å²) >= 11 is 0. The summed E-state index contributed by atoms with van der Waals surface area (Å²) in [4.78, 5) is 24.3. The van der Waals surface area contributed by atoms with Crippen molar-refractivity contribution in [1.82, 2.24) is 5.32 Å². The van der Waals surface area contributed by atoms with E-state index in [1.54, 1.807) is 25.1 Å². The highest BCUT2D eigenvalue weighted by molar-refractivity contribution is 7.89. The van der Waals surface area contributed by atoms with Gasteiger partial charge in [0.15, 0.2) is 0 Å². The highest BCUT2D eigenvalue weighted by atomic mass is 32.2. The van der Waals surface area contributed by atoms with E-state index >= 15 is 0 Å². The molecule has 0 aromatic heterocycles. The highest BCUT2D eigenvalue weighted by Crippen LogP contribution is 2.49. The maximum atomic E-state index is 12.6. The van der Waals surface area contributed by atoms with E-state index in [4.69, 9.17) is 9.88 Å². The van der Waals surface area contributed by atoms with Crippen LogP contribution in [-0.4, -0.2) is 49.8 Å². The lowest BCUT2D eigenvalue weighted by molar-refractivity contribution is -0.122. The maximum Gasteiger partial charge on any atom is 0.335 e. The van der Waals surface area contributed by atoms with Crippen LogP contribution in [0.15, 0.2) is 42.5 Å². The molecule has 1 heterocycles. The molecule has 2 aliphatic carbocycles. The molecule has 0 radical (unpaired) electrons. The Morgan fingerprint density at radius 1 is 1.17 bits per heavy atom. The quantitative estimate of drug-likeness (QED) is 0.348. The van der Waals surface area contributed by atoms with Gasteiger partial charge in [0.05, 0.1) is 16.5 Å². The van der Waals surface area contributed by atoms with E-state index in [1.807, 2.05) is 0 Å². The number of benzene rings is 2. The van der Waals surface area contributed by atoms with Crippen LogP contribution >= 0.6 is 0 Å². The monoisotopic (exact) mass is 583 g/mol. The molecule has 1 aliphatic heterocycles. The fourth-order valence-corrected chi connectivity index (χ4v) is 7.62. The number of carbonyl (C=O) groups is 2. The van der Waals surface area contributed by atoms with Gasteiger partial charge in [-0.05, 0) is 92.5 Å². The molecule has 1 saturated carbocycles. The normalized spacial score (nSPS) is 26.7. The Bertz CT molecular complexity index is 1410. The molecule has 222 valence electrons. The number of fused-ring (bicyclic) bond motifs is 3. The summed E-state index contributed by atoms with van der Waals surface area (Å²) in [6, 6.07) is 13.6. The Morgan fingerprint density at radius 3 is 2.63 bits per heavy atom. The van der Waals surface area contributed by atoms with Gasteiger partial charge in [0, 0.05) is 24.9 Å². The zero-order valence-corrected chi connectivity index (χ0v) is 24.6. The van der Waals surface area contributed by atoms with Crippen molar-refractivity contribution in [1.29, 1.82) is 0 Å². The van der Waals surface area contributed by atoms with Crippen molar-refractivity contribution in [2.45, 2.75) is 75.6 Å². The molecule has 0 bridgehead atoms. The minimum Gasteiger partial charge on any atom is -0.487 e. The Labute approximate surface area is 242 Å². The molecule has 2 unspecified atom stereocenters. The van der Waals surface area contributed by atoms with Gasteiger partial charge in [-0.1, -0.05) is 31.2 Å². The third-order valence-corrected chi connectivity index (χ3v) is 11.3. The van der Waals surface area contributed by atoms with Crippen LogP contribution in [0.5, 0.6) is 5.75 Å². The smallest absolute Gasteiger partial charge is 0.335 e. The number of aryl methyl sites for hydroxylation is 1. The second kappa shape index (κ2) is 11.6. The van der Waals surface area contributed by atoms with Crippen LogP contribution in [0.4, 0.5) is 5.69 Å². The topological polar surface area (TPSA) is 148 Å². The Balaban J connectivity index is 1.33. The van der Waals surface area contributed by atoms with E-state index in [0.717, 1.165) is 38.5 Å². The molecule has 3 aliphatic rings. The SMILES string of the molecule is C[C@H](CC(=O)NC[C@@H]1CC[C@@H]1CC1Oc2ccc(C(=O)O)cc2NCC12CCCc1ccccc12)[C@H](C)S(N)(=O)=O. The van der Waals surface area contributed by atoms with Crippen molar-refractivity contribution < 1.29 is 27.9 Å². The van der Waals surface area contributed by atoms with Gasteiger partial charge in [-0.15, -0.1) is 0 Å². The van der Waals surface area contributed by atoms with Crippen LogP contribution in [-0.2, 0) is 26.7 Å². The zero-order chi connectivity index (χ0) is 29.4. The zero-order valence-electron chi connectivity index (χ0n) is 23.8. The van der Waals surface area contributed by atoms with Crippen LogP contribution in [0, 0.1) is 17.8 Å². The molecule has 1 fully saturated rings. The number of nitrogens with one attached hydrogen (secondary N) is 2. The van der Waals surface area contributed by atoms with Gasteiger partial charge in [0.25, 0.3) is 0 Å². The molecule has 41 heavy (non-hydrogen) atoms. The van der Waals surface area contributed by atoms with E-state index < -0.39 is 21.2 Å². The molecule has 1 spiro atoms. The maximum absolute atomic E-state index is 12.6. The van der Waals surface area contributed by atoms with E-state index in [0.29, 0.717) is 36.4 Å². The van der Waals surface area contributed by atoms with E-state index in [2.05, 4.69) is 34.9 Å². The number of hydrogen-bond acceptors (Lipinski definition) is 6. The number of primary sulfonamides is 1. The van der Waals surface area contributed by atoms with Crippen molar-refractivity contribution in [3.8, 4) is 5.75 Å². The number of aromatic carboxylic acids is 1. The summed E-state index contributed by atoms with van der Waals surface area (Å²) in [7, 11) is -3.69. The van der Waals surface area contributed by atoms with Gasteiger partial charge in [-0.2, -0.15) is 0 Å². The molecular weight excluding hydrogens is 542 g/mol. The van der Waals surface area contributed by atoms with Crippen molar-refractivity contribution in [3.05, 3.63) is 59.2 Å². The van der Waals surface area contributed by atoms with Crippen LogP contribution in [0.25, 0.3) is 0 Å². The van der Waals surface area contributed by atoms with Crippen LogP contribution in [0.1, 0.15) is 73.9 Å². The first-order chi connectivity index (χ1) is 19.5. The third kappa shape index (κ3) is 6.09. The molecule has 10 heteroatoms. The van der Waals surface area contributed by atoms with E-state index in [9.17, 15) is 23.1 Å². The summed E-state index contributed by atoms with van der Waals surface area (Å²) in [5, 5.41) is 20.6. The Hall–Kier alpha value is -3.11. The highest BCUT2D eigenvalue weighted by Gasteiger charge is 2.48. The lowest BCUT2D eigenvalue weighted by Gasteiger charge is -2.47. The first kappa shape index (κ1) is 29.4. The van der Waals surface area contributed by atoms with Crippen LogP contribution < -0.4 is 20.5 Å². The number of anilines is 1. The summed E-state index contributed by atoms with van der Waals surface area (Å²) in [5.41, 5.74) is 3.30. The average molecular weight is 584 g/mol. The number of nitrogens with two attached hydrogens (primary N) is 1. The fourth-order valence-electron chi connectivity index (χ4n) is 6.87. The van der Waals surface area contributed by atoms with Gasteiger partial charge in [-0.25, -0.2) is 18.4 Å². The number of carboxylic acids is 1. The number of ether oxygens (including phenoxy) is 1. The fraction of sp³-hybridized carbons (Fsp3) is 0.548. The molecule has 6 atom stereocenters. The largest absolute Gasteiger partial charge is 0.487 e. The molecule has 5 N–H and O–H groups in total. The van der Waals surface area contributed by atoms with Crippen molar-refractivity contribution >= 4 is 27.6 Å². The van der Waals surface area contributed by atoms with Crippen molar-refractivity contribution in [3.63, 3.8) is 0 Å².